The molecule has 1 aliphatic heterocycles. The number of imidazole rings is 1. The largest absolute Gasteiger partial charge is 0.381 e. The van der Waals surface area contributed by atoms with E-state index < -0.39 is 0 Å². The van der Waals surface area contributed by atoms with Gasteiger partial charge in [0.1, 0.15) is 0 Å². The Balaban J connectivity index is 2.06. The van der Waals surface area contributed by atoms with Gasteiger partial charge in [0.2, 0.25) is 0 Å². The first kappa shape index (κ1) is 12.9. The number of benzene rings is 1. The molecule has 1 saturated heterocycles. The van der Waals surface area contributed by atoms with E-state index in [1.165, 1.54) is 0 Å². The van der Waals surface area contributed by atoms with Crippen LogP contribution in [-0.4, -0.2) is 30.2 Å². The van der Waals surface area contributed by atoms with Gasteiger partial charge in [0.05, 0.1) is 17.6 Å². The van der Waals surface area contributed by atoms with Crippen molar-refractivity contribution in [1.29, 1.82) is 0 Å². The van der Waals surface area contributed by atoms with Crippen molar-refractivity contribution in [2.24, 2.45) is 5.92 Å². The van der Waals surface area contributed by atoms with E-state index in [0.717, 1.165) is 40.7 Å². The SMILES string of the molecule is CNC(c1cc2[nH]c(=O)[nH]c2cc1Br)C1CCOC1. The van der Waals surface area contributed by atoms with E-state index >= 15 is 0 Å². The molecular weight excluding hydrogens is 310 g/mol. The molecule has 102 valence electrons. The number of hydrogen-bond acceptors (Lipinski definition) is 3. The summed E-state index contributed by atoms with van der Waals surface area (Å²) in [6.07, 6.45) is 1.06. The van der Waals surface area contributed by atoms with E-state index in [1.807, 2.05) is 19.2 Å². The minimum atomic E-state index is -0.177. The van der Waals surface area contributed by atoms with Crippen molar-refractivity contribution in [1.82, 2.24) is 15.3 Å². The van der Waals surface area contributed by atoms with Crippen LogP contribution in [0.5, 0.6) is 0 Å². The minimum Gasteiger partial charge on any atom is -0.381 e. The number of H-pyrrole nitrogens is 2. The van der Waals surface area contributed by atoms with Crippen LogP contribution in [0.15, 0.2) is 21.4 Å². The molecule has 1 aromatic heterocycles. The van der Waals surface area contributed by atoms with Crippen LogP contribution in [0.25, 0.3) is 11.0 Å². The maximum atomic E-state index is 11.3. The third-order valence-corrected chi connectivity index (χ3v) is 4.40. The number of fused-ring (bicyclic) bond motifs is 1. The Hall–Kier alpha value is -1.11. The molecule has 2 unspecified atom stereocenters. The molecule has 2 atom stereocenters. The predicted molar refractivity (Wildman–Crippen MR) is 77.3 cm³/mol. The summed E-state index contributed by atoms with van der Waals surface area (Å²) in [4.78, 5) is 16.9. The molecule has 1 aromatic carbocycles. The molecule has 2 heterocycles. The fraction of sp³-hybridized carbons (Fsp3) is 0.462. The lowest BCUT2D eigenvalue weighted by Gasteiger charge is -2.23. The molecule has 0 aliphatic carbocycles. The third-order valence-electron chi connectivity index (χ3n) is 3.72. The van der Waals surface area contributed by atoms with E-state index in [0.29, 0.717) is 5.92 Å². The predicted octanol–water partition coefficient (Wildman–Crippen LogP) is 1.92. The van der Waals surface area contributed by atoms with Crippen molar-refractivity contribution >= 4 is 27.0 Å². The van der Waals surface area contributed by atoms with Gasteiger partial charge in [-0.1, -0.05) is 15.9 Å². The van der Waals surface area contributed by atoms with Crippen molar-refractivity contribution in [3.05, 3.63) is 32.7 Å². The summed E-state index contributed by atoms with van der Waals surface area (Å²) in [6, 6.07) is 4.19. The summed E-state index contributed by atoms with van der Waals surface area (Å²) in [5.41, 5.74) is 2.63. The lowest BCUT2D eigenvalue weighted by atomic mass is 9.92. The van der Waals surface area contributed by atoms with Gasteiger partial charge in [-0.05, 0) is 31.2 Å². The number of hydrogen-bond donors (Lipinski definition) is 3. The Morgan fingerprint density at radius 3 is 2.79 bits per heavy atom. The monoisotopic (exact) mass is 325 g/mol. The summed E-state index contributed by atoms with van der Waals surface area (Å²) in [5.74, 6) is 0.462. The molecule has 1 aliphatic rings. The zero-order valence-electron chi connectivity index (χ0n) is 10.6. The normalized spacial score (nSPS) is 21.1. The van der Waals surface area contributed by atoms with E-state index in [4.69, 9.17) is 4.74 Å². The lowest BCUT2D eigenvalue weighted by Crippen LogP contribution is -2.25. The number of nitrogens with one attached hydrogen (secondary N) is 3. The number of ether oxygens (including phenoxy) is 1. The molecule has 5 nitrogen and oxygen atoms in total. The first-order valence-electron chi connectivity index (χ1n) is 6.35. The first-order chi connectivity index (χ1) is 9.19. The Bertz CT molecular complexity index is 643. The highest BCUT2D eigenvalue weighted by Gasteiger charge is 2.27. The fourth-order valence-corrected chi connectivity index (χ4v) is 3.36. The van der Waals surface area contributed by atoms with Crippen LogP contribution >= 0.6 is 15.9 Å². The molecule has 0 amide bonds. The number of aromatic amines is 2. The highest BCUT2D eigenvalue weighted by Crippen LogP contribution is 2.34. The summed E-state index contributed by atoms with van der Waals surface area (Å²) < 4.78 is 6.47. The Morgan fingerprint density at radius 2 is 2.16 bits per heavy atom. The average Bonchev–Trinajstić information content (AvgIpc) is 2.99. The second kappa shape index (κ2) is 5.11. The van der Waals surface area contributed by atoms with E-state index in [9.17, 15) is 4.79 Å². The summed E-state index contributed by atoms with van der Waals surface area (Å²) in [6.45, 7) is 1.60. The molecule has 2 aromatic rings. The highest BCUT2D eigenvalue weighted by atomic mass is 79.9. The number of halogens is 1. The van der Waals surface area contributed by atoms with Gasteiger partial charge in [0.15, 0.2) is 0 Å². The molecule has 0 radical (unpaired) electrons. The zero-order valence-corrected chi connectivity index (χ0v) is 12.2. The van der Waals surface area contributed by atoms with Gasteiger partial charge in [0, 0.05) is 23.0 Å². The molecule has 3 rings (SSSR count). The van der Waals surface area contributed by atoms with Crippen LogP contribution in [0.1, 0.15) is 18.0 Å². The van der Waals surface area contributed by atoms with Crippen LogP contribution in [0.2, 0.25) is 0 Å². The Kier molecular flexibility index (Phi) is 3.47. The standard InChI is InChI=1S/C13H16BrN3O2/c1-15-12(7-2-3-19-6-7)8-4-10-11(5-9(8)14)17-13(18)16-10/h4-5,7,12,15H,2-3,6H2,1H3,(H2,16,17,18). The van der Waals surface area contributed by atoms with Crippen LogP contribution in [0.4, 0.5) is 0 Å². The molecule has 6 heteroatoms. The second-order valence-corrected chi connectivity index (χ2v) is 5.74. The van der Waals surface area contributed by atoms with Gasteiger partial charge >= 0.3 is 5.69 Å². The minimum absolute atomic E-state index is 0.177. The van der Waals surface area contributed by atoms with Gasteiger partial charge in [0.25, 0.3) is 0 Å². The van der Waals surface area contributed by atoms with Crippen LogP contribution in [0, 0.1) is 5.92 Å². The summed E-state index contributed by atoms with van der Waals surface area (Å²) in [7, 11) is 1.96. The smallest absolute Gasteiger partial charge is 0.323 e. The van der Waals surface area contributed by atoms with Gasteiger partial charge in [-0.3, -0.25) is 0 Å². The van der Waals surface area contributed by atoms with Crippen molar-refractivity contribution in [2.75, 3.05) is 20.3 Å². The Labute approximate surface area is 118 Å². The van der Waals surface area contributed by atoms with Gasteiger partial charge in [-0.25, -0.2) is 4.79 Å². The number of aromatic nitrogens is 2. The van der Waals surface area contributed by atoms with E-state index in [2.05, 4.69) is 31.2 Å². The third kappa shape index (κ3) is 2.35. The first-order valence-corrected chi connectivity index (χ1v) is 7.15. The molecule has 1 fully saturated rings. The van der Waals surface area contributed by atoms with Gasteiger partial charge < -0.3 is 20.0 Å². The van der Waals surface area contributed by atoms with Gasteiger partial charge in [-0.15, -0.1) is 0 Å². The molecule has 0 spiro atoms. The maximum absolute atomic E-state index is 11.3. The van der Waals surface area contributed by atoms with Crippen molar-refractivity contribution in [3.8, 4) is 0 Å². The topological polar surface area (TPSA) is 69.9 Å². The quantitative estimate of drug-likeness (QED) is 0.807. The van der Waals surface area contributed by atoms with E-state index in [1.54, 1.807) is 0 Å². The van der Waals surface area contributed by atoms with Crippen molar-refractivity contribution in [2.45, 2.75) is 12.5 Å². The zero-order chi connectivity index (χ0) is 13.4. The molecule has 19 heavy (non-hydrogen) atoms. The summed E-state index contributed by atoms with van der Waals surface area (Å²) in [5, 5.41) is 3.36. The second-order valence-electron chi connectivity index (χ2n) is 4.89. The lowest BCUT2D eigenvalue weighted by molar-refractivity contribution is 0.177. The average molecular weight is 326 g/mol. The van der Waals surface area contributed by atoms with Gasteiger partial charge in [-0.2, -0.15) is 0 Å². The van der Waals surface area contributed by atoms with Crippen LogP contribution in [-0.2, 0) is 4.74 Å². The van der Waals surface area contributed by atoms with Crippen molar-refractivity contribution in [3.63, 3.8) is 0 Å². The number of rotatable bonds is 3. The molecule has 3 N–H and O–H groups in total. The highest BCUT2D eigenvalue weighted by molar-refractivity contribution is 9.10. The van der Waals surface area contributed by atoms with Crippen LogP contribution in [0.3, 0.4) is 0 Å². The molecule has 0 bridgehead atoms. The van der Waals surface area contributed by atoms with Crippen LogP contribution < -0.4 is 11.0 Å². The maximum Gasteiger partial charge on any atom is 0.323 e. The fourth-order valence-electron chi connectivity index (χ4n) is 2.77. The molecular formula is C13H16BrN3O2. The van der Waals surface area contributed by atoms with Crippen molar-refractivity contribution < 1.29 is 4.74 Å². The molecule has 0 saturated carbocycles. The summed E-state index contributed by atoms with van der Waals surface area (Å²) >= 11 is 3.60. The Morgan fingerprint density at radius 1 is 1.42 bits per heavy atom. The van der Waals surface area contributed by atoms with E-state index in [-0.39, 0.29) is 11.7 Å².